The quantitative estimate of drug-likeness (QED) is 0.876. The van der Waals surface area contributed by atoms with Crippen molar-refractivity contribution in [3.05, 3.63) is 69.8 Å². The first kappa shape index (κ1) is 14.8. The van der Waals surface area contributed by atoms with E-state index in [0.29, 0.717) is 6.42 Å². The number of benzene rings is 2. The molecular weight excluding hydrogens is 244 g/mol. The maximum absolute atomic E-state index is 10.9. The van der Waals surface area contributed by atoms with Crippen molar-refractivity contribution < 1.29 is 5.11 Å². The van der Waals surface area contributed by atoms with Gasteiger partial charge in [0.2, 0.25) is 0 Å². The fraction of sp³-hybridized carbons (Fsp3) is 0.368. The van der Waals surface area contributed by atoms with Crippen LogP contribution in [0.1, 0.15) is 40.3 Å². The molecule has 1 N–H and O–H groups in total. The van der Waals surface area contributed by atoms with Crippen molar-refractivity contribution in [3.8, 4) is 0 Å². The predicted octanol–water partition coefficient (Wildman–Crippen LogP) is 4.37. The van der Waals surface area contributed by atoms with Crippen LogP contribution >= 0.6 is 0 Å². The second-order valence-electron chi connectivity index (χ2n) is 6.26. The van der Waals surface area contributed by atoms with Crippen LogP contribution in [0.4, 0.5) is 0 Å². The van der Waals surface area contributed by atoms with Crippen LogP contribution in [0.15, 0.2) is 36.4 Å². The van der Waals surface area contributed by atoms with E-state index >= 15 is 0 Å². The number of rotatable bonds is 3. The molecule has 0 saturated carbocycles. The van der Waals surface area contributed by atoms with E-state index in [2.05, 4.69) is 64.1 Å². The van der Waals surface area contributed by atoms with Gasteiger partial charge in [-0.3, -0.25) is 0 Å². The summed E-state index contributed by atoms with van der Waals surface area (Å²) < 4.78 is 0. The number of hydrogen-bond acceptors (Lipinski definition) is 1. The van der Waals surface area contributed by atoms with E-state index in [-0.39, 0.29) is 0 Å². The highest BCUT2D eigenvalue weighted by atomic mass is 16.3. The molecule has 20 heavy (non-hydrogen) atoms. The van der Waals surface area contributed by atoms with Gasteiger partial charge in [-0.25, -0.2) is 0 Å². The number of aryl methyl sites for hydroxylation is 4. The van der Waals surface area contributed by atoms with Gasteiger partial charge in [0.15, 0.2) is 0 Å². The second kappa shape index (κ2) is 5.41. The zero-order valence-electron chi connectivity index (χ0n) is 13.1. The summed E-state index contributed by atoms with van der Waals surface area (Å²) in [7, 11) is 0. The summed E-state index contributed by atoms with van der Waals surface area (Å²) in [5.41, 5.74) is 6.20. The second-order valence-corrected chi connectivity index (χ2v) is 6.26. The van der Waals surface area contributed by atoms with E-state index in [1.54, 1.807) is 0 Å². The first-order valence-electron chi connectivity index (χ1n) is 7.15. The Balaban J connectivity index is 2.37. The lowest BCUT2D eigenvalue weighted by molar-refractivity contribution is 0.0569. The standard InChI is InChI=1S/C19H24O/c1-13-6-7-16(4)18(11-13)19(5,20)12-17-9-14(2)8-15(3)10-17/h6-11,20H,12H2,1-5H3. The fourth-order valence-electron chi connectivity index (χ4n) is 2.98. The highest BCUT2D eigenvalue weighted by molar-refractivity contribution is 5.37. The highest BCUT2D eigenvalue weighted by Crippen LogP contribution is 2.29. The summed E-state index contributed by atoms with van der Waals surface area (Å²) in [6.07, 6.45) is 0.639. The molecule has 1 atom stereocenters. The van der Waals surface area contributed by atoms with Gasteiger partial charge < -0.3 is 5.11 Å². The van der Waals surface area contributed by atoms with E-state index in [4.69, 9.17) is 0 Å². The van der Waals surface area contributed by atoms with Crippen molar-refractivity contribution in [1.82, 2.24) is 0 Å². The molecule has 0 bridgehead atoms. The van der Waals surface area contributed by atoms with Crippen LogP contribution in [0.2, 0.25) is 0 Å². The molecule has 0 heterocycles. The summed E-state index contributed by atoms with van der Waals surface area (Å²) >= 11 is 0. The van der Waals surface area contributed by atoms with Gasteiger partial charge in [-0.15, -0.1) is 0 Å². The molecule has 0 amide bonds. The molecule has 1 unspecified atom stereocenters. The van der Waals surface area contributed by atoms with Crippen molar-refractivity contribution in [2.45, 2.75) is 46.6 Å². The van der Waals surface area contributed by atoms with Gasteiger partial charge >= 0.3 is 0 Å². The molecule has 1 heteroatoms. The Bertz CT molecular complexity index is 603. The number of hydrogen-bond donors (Lipinski definition) is 1. The lowest BCUT2D eigenvalue weighted by atomic mass is 9.85. The molecule has 0 aromatic heterocycles. The van der Waals surface area contributed by atoms with E-state index in [0.717, 1.165) is 11.1 Å². The summed E-state index contributed by atoms with van der Waals surface area (Å²) in [6, 6.07) is 12.7. The van der Waals surface area contributed by atoms with Gasteiger partial charge in [0.1, 0.15) is 0 Å². The van der Waals surface area contributed by atoms with Crippen molar-refractivity contribution in [2.75, 3.05) is 0 Å². The molecule has 0 saturated heterocycles. The molecule has 0 spiro atoms. The smallest absolute Gasteiger partial charge is 0.0911 e. The van der Waals surface area contributed by atoms with Crippen molar-refractivity contribution in [1.29, 1.82) is 0 Å². The molecule has 2 rings (SSSR count). The van der Waals surface area contributed by atoms with Crippen LogP contribution in [0.5, 0.6) is 0 Å². The zero-order chi connectivity index (χ0) is 14.9. The lowest BCUT2D eigenvalue weighted by Crippen LogP contribution is -2.25. The summed E-state index contributed by atoms with van der Waals surface area (Å²) in [4.78, 5) is 0. The molecule has 0 aliphatic heterocycles. The average Bonchev–Trinajstić information content (AvgIpc) is 2.30. The Hall–Kier alpha value is -1.60. The Kier molecular flexibility index (Phi) is 4.01. The van der Waals surface area contributed by atoms with Crippen LogP contribution in [0.25, 0.3) is 0 Å². The van der Waals surface area contributed by atoms with Crippen molar-refractivity contribution in [2.24, 2.45) is 0 Å². The van der Waals surface area contributed by atoms with Crippen LogP contribution < -0.4 is 0 Å². The molecule has 0 aliphatic rings. The Morgan fingerprint density at radius 1 is 0.850 bits per heavy atom. The lowest BCUT2D eigenvalue weighted by Gasteiger charge is -2.26. The summed E-state index contributed by atoms with van der Waals surface area (Å²) in [5, 5.41) is 10.9. The molecule has 106 valence electrons. The fourth-order valence-corrected chi connectivity index (χ4v) is 2.98. The van der Waals surface area contributed by atoms with Gasteiger partial charge in [-0.1, -0.05) is 53.1 Å². The number of aliphatic hydroxyl groups is 1. The van der Waals surface area contributed by atoms with E-state index in [1.807, 2.05) is 6.92 Å². The minimum Gasteiger partial charge on any atom is -0.385 e. The minimum absolute atomic E-state index is 0.639. The van der Waals surface area contributed by atoms with Crippen LogP contribution in [0, 0.1) is 27.7 Å². The van der Waals surface area contributed by atoms with Crippen LogP contribution in [-0.4, -0.2) is 5.11 Å². The highest BCUT2D eigenvalue weighted by Gasteiger charge is 2.25. The molecular formula is C19H24O. The topological polar surface area (TPSA) is 20.2 Å². The monoisotopic (exact) mass is 268 g/mol. The van der Waals surface area contributed by atoms with Crippen molar-refractivity contribution in [3.63, 3.8) is 0 Å². The maximum Gasteiger partial charge on any atom is 0.0911 e. The third kappa shape index (κ3) is 3.29. The van der Waals surface area contributed by atoms with Gasteiger partial charge in [0.05, 0.1) is 5.60 Å². The first-order valence-corrected chi connectivity index (χ1v) is 7.15. The van der Waals surface area contributed by atoms with E-state index < -0.39 is 5.60 Å². The van der Waals surface area contributed by atoms with Gasteiger partial charge in [0.25, 0.3) is 0 Å². The minimum atomic E-state index is -0.837. The largest absolute Gasteiger partial charge is 0.385 e. The van der Waals surface area contributed by atoms with E-state index in [9.17, 15) is 5.11 Å². The predicted molar refractivity (Wildman–Crippen MR) is 85.1 cm³/mol. The Morgan fingerprint density at radius 2 is 1.45 bits per heavy atom. The normalized spacial score (nSPS) is 14.1. The molecule has 0 radical (unpaired) electrons. The molecule has 1 nitrogen and oxygen atoms in total. The van der Waals surface area contributed by atoms with Gasteiger partial charge in [-0.2, -0.15) is 0 Å². The summed E-state index contributed by atoms with van der Waals surface area (Å²) in [5.74, 6) is 0. The van der Waals surface area contributed by atoms with Crippen LogP contribution in [0.3, 0.4) is 0 Å². The summed E-state index contributed by atoms with van der Waals surface area (Å²) in [6.45, 7) is 10.2. The van der Waals surface area contributed by atoms with E-state index in [1.165, 1.54) is 22.3 Å². The van der Waals surface area contributed by atoms with Gasteiger partial charge in [0, 0.05) is 6.42 Å². The third-order valence-corrected chi connectivity index (χ3v) is 3.80. The molecule has 2 aromatic rings. The van der Waals surface area contributed by atoms with Crippen LogP contribution in [-0.2, 0) is 12.0 Å². The third-order valence-electron chi connectivity index (χ3n) is 3.80. The molecule has 0 fully saturated rings. The molecule has 2 aromatic carbocycles. The molecule has 0 aliphatic carbocycles. The average molecular weight is 268 g/mol. The maximum atomic E-state index is 10.9. The van der Waals surface area contributed by atoms with Crippen molar-refractivity contribution >= 4 is 0 Å². The Morgan fingerprint density at radius 3 is 2.05 bits per heavy atom. The Labute approximate surface area is 122 Å². The SMILES string of the molecule is Cc1cc(C)cc(CC(C)(O)c2cc(C)ccc2C)c1. The zero-order valence-corrected chi connectivity index (χ0v) is 13.1. The van der Waals surface area contributed by atoms with Gasteiger partial charge in [-0.05, 0) is 51.3 Å². The first-order chi connectivity index (χ1) is 9.28.